The fraction of sp³-hybridized carbons (Fsp3) is 0.333. The first-order valence-electron chi connectivity index (χ1n) is 13.6. The molecule has 0 aliphatic carbocycles. The van der Waals surface area contributed by atoms with Crippen molar-refractivity contribution >= 4 is 44.2 Å². The van der Waals surface area contributed by atoms with Crippen LogP contribution < -0.4 is 26.4 Å². The first kappa shape index (κ1) is 33.4. The van der Waals surface area contributed by atoms with Gasteiger partial charge in [-0.2, -0.15) is 0 Å². The van der Waals surface area contributed by atoms with Crippen LogP contribution in [0.15, 0.2) is 65.2 Å². The zero-order valence-electron chi connectivity index (χ0n) is 25.1. The number of primary amides is 1. The van der Waals surface area contributed by atoms with E-state index in [1.807, 2.05) is 38.1 Å². The van der Waals surface area contributed by atoms with E-state index in [2.05, 4.69) is 46.4 Å². The van der Waals surface area contributed by atoms with Crippen molar-refractivity contribution in [3.63, 3.8) is 0 Å². The number of nitrogens with one attached hydrogen (secondary N) is 4. The number of thiazole rings is 1. The Bertz CT molecular complexity index is 1600. The van der Waals surface area contributed by atoms with Crippen molar-refractivity contribution in [1.29, 1.82) is 0 Å². The van der Waals surface area contributed by atoms with Crippen LogP contribution in [0, 0.1) is 5.92 Å². The highest BCUT2D eigenvalue weighted by Crippen LogP contribution is 2.34. The van der Waals surface area contributed by atoms with E-state index in [0.717, 1.165) is 11.1 Å². The third-order valence-electron chi connectivity index (χ3n) is 6.21. The van der Waals surface area contributed by atoms with Crippen molar-refractivity contribution in [2.24, 2.45) is 11.7 Å². The Kier molecular flexibility index (Phi) is 10.8. The molecule has 0 unspecified atom stereocenters. The lowest BCUT2D eigenvalue weighted by atomic mass is 9.86. The average molecular weight is 627 g/mol. The third-order valence-corrected chi connectivity index (χ3v) is 8.81. The van der Waals surface area contributed by atoms with Crippen molar-refractivity contribution in [3.05, 3.63) is 77.1 Å². The molecule has 0 aliphatic heterocycles. The molecule has 2 aromatic carbocycles. The normalized spacial score (nSPS) is 12.2. The highest BCUT2D eigenvalue weighted by atomic mass is 32.2. The zero-order valence-corrected chi connectivity index (χ0v) is 26.7. The largest absolute Gasteiger partial charge is 0.366 e. The molecule has 230 valence electrons. The Morgan fingerprint density at radius 3 is 2.16 bits per heavy atom. The maximum Gasteiger partial charge on any atom is 0.276 e. The van der Waals surface area contributed by atoms with Crippen LogP contribution in [0.25, 0.3) is 10.4 Å². The van der Waals surface area contributed by atoms with E-state index in [-0.39, 0.29) is 46.3 Å². The Hall–Kier alpha value is -4.07. The van der Waals surface area contributed by atoms with E-state index in [1.54, 1.807) is 13.1 Å². The number of rotatable bonds is 12. The van der Waals surface area contributed by atoms with Crippen molar-refractivity contribution in [3.8, 4) is 10.4 Å². The minimum absolute atomic E-state index is 0.0239. The van der Waals surface area contributed by atoms with Crippen molar-refractivity contribution in [1.82, 2.24) is 20.3 Å². The van der Waals surface area contributed by atoms with Crippen molar-refractivity contribution in [2.75, 3.05) is 25.5 Å². The van der Waals surface area contributed by atoms with Crippen LogP contribution >= 0.6 is 11.3 Å². The maximum absolute atomic E-state index is 13.4. The standard InChI is InChI=1S/C30H38N6O5S2/c1-18(2)17-23(27(38)33-15-16-34-43(40,41)22-13-9-20(10-14-22)26(31)37)35-28(39)24-25(42-29(32-6)36-24)19-7-11-21(12-8-19)30(3,4)5/h7-14,17-18,34H,15-16H2,1-6H3,(H2,31,37)(H,32,36)(H,33,38)(H,35,39)/b23-17+. The fourth-order valence-electron chi connectivity index (χ4n) is 3.93. The van der Waals surface area contributed by atoms with Gasteiger partial charge in [0, 0.05) is 25.7 Å². The predicted octanol–water partition coefficient (Wildman–Crippen LogP) is 3.61. The number of hydrogen-bond acceptors (Lipinski definition) is 8. The van der Waals surface area contributed by atoms with Crippen molar-refractivity contribution < 1.29 is 22.8 Å². The number of nitrogens with two attached hydrogens (primary N) is 1. The lowest BCUT2D eigenvalue weighted by Crippen LogP contribution is -2.39. The molecule has 3 rings (SSSR count). The molecular formula is C30H38N6O5S2. The molecule has 11 nitrogen and oxygen atoms in total. The topological polar surface area (TPSA) is 172 Å². The highest BCUT2D eigenvalue weighted by molar-refractivity contribution is 7.89. The average Bonchev–Trinajstić information content (AvgIpc) is 3.39. The summed E-state index contributed by atoms with van der Waals surface area (Å²) in [6.45, 7) is 9.94. The second-order valence-corrected chi connectivity index (χ2v) is 13.9. The molecule has 0 saturated heterocycles. The number of amides is 3. The number of sulfonamides is 1. The third kappa shape index (κ3) is 8.96. The van der Waals surface area contributed by atoms with Gasteiger partial charge < -0.3 is 21.7 Å². The summed E-state index contributed by atoms with van der Waals surface area (Å²) in [6.07, 6.45) is 1.61. The number of allylic oxidation sites excluding steroid dienone is 1. The summed E-state index contributed by atoms with van der Waals surface area (Å²) in [5, 5.41) is 8.86. The molecule has 0 fully saturated rings. The fourth-order valence-corrected chi connectivity index (χ4v) is 5.88. The molecule has 0 spiro atoms. The maximum atomic E-state index is 13.4. The van der Waals surface area contributed by atoms with Crippen LogP contribution in [0.5, 0.6) is 0 Å². The summed E-state index contributed by atoms with van der Waals surface area (Å²) in [5.74, 6) is -1.86. The van der Waals surface area contributed by atoms with Crippen LogP contribution in [0.3, 0.4) is 0 Å². The van der Waals surface area contributed by atoms with E-state index in [4.69, 9.17) is 5.73 Å². The van der Waals surface area contributed by atoms with Gasteiger partial charge in [-0.05, 0) is 46.7 Å². The number of benzene rings is 2. The van der Waals surface area contributed by atoms with Gasteiger partial charge in [0.25, 0.3) is 11.8 Å². The summed E-state index contributed by atoms with van der Waals surface area (Å²) in [7, 11) is -2.17. The summed E-state index contributed by atoms with van der Waals surface area (Å²) in [6, 6.07) is 13.1. The Labute approximate surface area is 256 Å². The second kappa shape index (κ2) is 13.9. The van der Waals surface area contributed by atoms with Crippen LogP contribution in [-0.2, 0) is 20.2 Å². The number of anilines is 1. The summed E-state index contributed by atoms with van der Waals surface area (Å²) < 4.78 is 27.5. The Morgan fingerprint density at radius 2 is 1.63 bits per heavy atom. The molecule has 43 heavy (non-hydrogen) atoms. The van der Waals surface area contributed by atoms with E-state index >= 15 is 0 Å². The van der Waals surface area contributed by atoms with Gasteiger partial charge >= 0.3 is 0 Å². The molecule has 0 saturated carbocycles. The minimum atomic E-state index is -3.89. The first-order chi connectivity index (χ1) is 20.1. The monoisotopic (exact) mass is 626 g/mol. The molecule has 3 aromatic rings. The van der Waals surface area contributed by atoms with Gasteiger partial charge in [-0.25, -0.2) is 18.1 Å². The van der Waals surface area contributed by atoms with Crippen LogP contribution in [0.4, 0.5) is 5.13 Å². The van der Waals surface area contributed by atoms with Gasteiger partial charge in [-0.1, -0.05) is 76.3 Å². The van der Waals surface area contributed by atoms with Gasteiger partial charge in [0.1, 0.15) is 11.4 Å². The Balaban J connectivity index is 1.70. The molecule has 0 radical (unpaired) electrons. The van der Waals surface area contributed by atoms with E-state index in [9.17, 15) is 22.8 Å². The van der Waals surface area contributed by atoms with Gasteiger partial charge in [-0.15, -0.1) is 0 Å². The van der Waals surface area contributed by atoms with Gasteiger partial charge in [0.05, 0.1) is 9.77 Å². The van der Waals surface area contributed by atoms with Crippen molar-refractivity contribution in [2.45, 2.75) is 44.9 Å². The molecule has 1 aromatic heterocycles. The predicted molar refractivity (Wildman–Crippen MR) is 169 cm³/mol. The minimum Gasteiger partial charge on any atom is -0.366 e. The summed E-state index contributed by atoms with van der Waals surface area (Å²) in [4.78, 5) is 42.8. The zero-order chi connectivity index (χ0) is 31.9. The van der Waals surface area contributed by atoms with Crippen LogP contribution in [0.2, 0.25) is 0 Å². The van der Waals surface area contributed by atoms with Gasteiger partial charge in [-0.3, -0.25) is 14.4 Å². The quantitative estimate of drug-likeness (QED) is 0.151. The molecule has 6 N–H and O–H groups in total. The number of aromatic nitrogens is 1. The summed E-state index contributed by atoms with van der Waals surface area (Å²) >= 11 is 1.33. The highest BCUT2D eigenvalue weighted by Gasteiger charge is 2.23. The van der Waals surface area contributed by atoms with E-state index in [0.29, 0.717) is 10.0 Å². The Morgan fingerprint density at radius 1 is 1.00 bits per heavy atom. The molecule has 3 amide bonds. The molecule has 13 heteroatoms. The lowest BCUT2D eigenvalue weighted by molar-refractivity contribution is -0.117. The van der Waals surface area contributed by atoms with Gasteiger partial charge in [0.15, 0.2) is 5.13 Å². The number of nitrogens with zero attached hydrogens (tertiary/aromatic N) is 1. The molecular weight excluding hydrogens is 589 g/mol. The lowest BCUT2D eigenvalue weighted by Gasteiger charge is -2.19. The van der Waals surface area contributed by atoms with E-state index in [1.165, 1.54) is 35.6 Å². The smallest absolute Gasteiger partial charge is 0.276 e. The summed E-state index contributed by atoms with van der Waals surface area (Å²) in [5.41, 5.74) is 7.54. The molecule has 0 aliphatic rings. The second-order valence-electron chi connectivity index (χ2n) is 11.1. The molecule has 0 atom stereocenters. The van der Waals surface area contributed by atoms with Crippen LogP contribution in [-0.4, -0.2) is 51.3 Å². The van der Waals surface area contributed by atoms with E-state index < -0.39 is 27.7 Å². The SMILES string of the molecule is CNc1nc(C(=O)N/C(=C/C(C)C)C(=O)NCCNS(=O)(=O)c2ccc(C(N)=O)cc2)c(-c2ccc(C(C)(C)C)cc2)s1. The first-order valence-corrected chi connectivity index (χ1v) is 15.9. The number of carbonyl (C=O) groups is 3. The number of carbonyl (C=O) groups excluding carboxylic acids is 3. The van der Waals surface area contributed by atoms with Gasteiger partial charge in [0.2, 0.25) is 15.9 Å². The number of hydrogen-bond donors (Lipinski definition) is 5. The molecule has 0 bridgehead atoms. The van der Waals surface area contributed by atoms with Crippen LogP contribution in [0.1, 0.15) is 61.0 Å². The molecule has 1 heterocycles.